The molecule has 110 valence electrons. The standard InChI is InChI=1S/C15H17N3O3/c1-9(2)12-7-13(18-17-12)15(20)21-8-10-5-3-4-6-11(10)14(16)19/h3-7,9H,8H2,1-2H3,(H2,16,19)(H,17,18). The summed E-state index contributed by atoms with van der Waals surface area (Å²) in [5.74, 6) is -0.851. The molecule has 3 N–H and O–H groups in total. The van der Waals surface area contributed by atoms with Crippen LogP contribution in [0.1, 0.15) is 51.9 Å². The third kappa shape index (κ3) is 3.47. The zero-order valence-electron chi connectivity index (χ0n) is 11.9. The van der Waals surface area contributed by atoms with Crippen molar-refractivity contribution in [2.45, 2.75) is 26.4 Å². The summed E-state index contributed by atoms with van der Waals surface area (Å²) in [5.41, 5.74) is 7.26. The van der Waals surface area contributed by atoms with Crippen molar-refractivity contribution in [2.24, 2.45) is 5.73 Å². The molecule has 0 spiro atoms. The normalized spacial score (nSPS) is 10.6. The smallest absolute Gasteiger partial charge is 0.359 e. The van der Waals surface area contributed by atoms with Crippen LogP contribution in [0, 0.1) is 0 Å². The first-order chi connectivity index (χ1) is 9.99. The van der Waals surface area contributed by atoms with Crippen molar-refractivity contribution in [3.63, 3.8) is 0 Å². The highest BCUT2D eigenvalue weighted by atomic mass is 16.5. The largest absolute Gasteiger partial charge is 0.456 e. The quantitative estimate of drug-likeness (QED) is 0.821. The van der Waals surface area contributed by atoms with Crippen LogP contribution in [0.4, 0.5) is 0 Å². The van der Waals surface area contributed by atoms with Crippen LogP contribution in [0.3, 0.4) is 0 Å². The molecule has 0 unspecified atom stereocenters. The number of nitrogens with two attached hydrogens (primary N) is 1. The van der Waals surface area contributed by atoms with E-state index < -0.39 is 11.9 Å². The molecule has 0 aliphatic carbocycles. The molecule has 1 amide bonds. The van der Waals surface area contributed by atoms with Gasteiger partial charge in [0.15, 0.2) is 5.69 Å². The second-order valence-corrected chi connectivity index (χ2v) is 4.96. The number of nitrogens with zero attached hydrogens (tertiary/aromatic N) is 1. The molecule has 0 radical (unpaired) electrons. The summed E-state index contributed by atoms with van der Waals surface area (Å²) in [6.07, 6.45) is 0. The molecule has 2 aromatic rings. The molecule has 0 aliphatic heterocycles. The number of carbonyl (C=O) groups excluding carboxylic acids is 2. The summed E-state index contributed by atoms with van der Waals surface area (Å²) < 4.78 is 5.17. The van der Waals surface area contributed by atoms with Crippen molar-refractivity contribution in [3.8, 4) is 0 Å². The van der Waals surface area contributed by atoms with Gasteiger partial charge in [0, 0.05) is 16.8 Å². The third-order valence-electron chi connectivity index (χ3n) is 3.07. The summed E-state index contributed by atoms with van der Waals surface area (Å²) in [6, 6.07) is 8.40. The molecular weight excluding hydrogens is 270 g/mol. The van der Waals surface area contributed by atoms with Gasteiger partial charge in [-0.2, -0.15) is 5.10 Å². The number of rotatable bonds is 5. The van der Waals surface area contributed by atoms with Crippen molar-refractivity contribution in [1.29, 1.82) is 0 Å². The first-order valence-corrected chi connectivity index (χ1v) is 6.59. The Morgan fingerprint density at radius 3 is 2.67 bits per heavy atom. The zero-order chi connectivity index (χ0) is 15.4. The Morgan fingerprint density at radius 1 is 1.33 bits per heavy atom. The van der Waals surface area contributed by atoms with Crippen molar-refractivity contribution < 1.29 is 14.3 Å². The molecule has 1 heterocycles. The van der Waals surface area contributed by atoms with E-state index in [0.717, 1.165) is 5.69 Å². The number of primary amides is 1. The first kappa shape index (κ1) is 14.8. The Balaban J connectivity index is 2.06. The number of H-pyrrole nitrogens is 1. The molecule has 1 aromatic carbocycles. The summed E-state index contributed by atoms with van der Waals surface area (Å²) in [7, 11) is 0. The second-order valence-electron chi connectivity index (χ2n) is 4.96. The highest BCUT2D eigenvalue weighted by molar-refractivity contribution is 5.94. The van der Waals surface area contributed by atoms with Crippen LogP contribution in [0.25, 0.3) is 0 Å². The molecule has 0 atom stereocenters. The monoisotopic (exact) mass is 287 g/mol. The van der Waals surface area contributed by atoms with Gasteiger partial charge in [-0.1, -0.05) is 32.0 Å². The first-order valence-electron chi connectivity index (χ1n) is 6.59. The fourth-order valence-corrected chi connectivity index (χ4v) is 1.84. The molecule has 0 saturated carbocycles. The van der Waals surface area contributed by atoms with Crippen molar-refractivity contribution in [3.05, 3.63) is 52.8 Å². The van der Waals surface area contributed by atoms with E-state index in [4.69, 9.17) is 10.5 Å². The minimum Gasteiger partial charge on any atom is -0.456 e. The van der Waals surface area contributed by atoms with Crippen LogP contribution in [-0.2, 0) is 11.3 Å². The number of esters is 1. The van der Waals surface area contributed by atoms with E-state index in [2.05, 4.69) is 10.2 Å². The van der Waals surface area contributed by atoms with Crippen molar-refractivity contribution in [1.82, 2.24) is 10.2 Å². The third-order valence-corrected chi connectivity index (χ3v) is 3.07. The van der Waals surface area contributed by atoms with E-state index in [0.29, 0.717) is 11.1 Å². The Bertz CT molecular complexity index is 662. The number of aromatic amines is 1. The minimum absolute atomic E-state index is 0.0260. The number of ether oxygens (including phenoxy) is 1. The van der Waals surface area contributed by atoms with Gasteiger partial charge in [-0.15, -0.1) is 0 Å². The van der Waals surface area contributed by atoms with E-state index >= 15 is 0 Å². The number of carbonyl (C=O) groups is 2. The maximum atomic E-state index is 11.9. The van der Waals surface area contributed by atoms with E-state index in [1.807, 2.05) is 13.8 Å². The lowest BCUT2D eigenvalue weighted by atomic mass is 10.1. The van der Waals surface area contributed by atoms with Gasteiger partial charge in [0.05, 0.1) is 0 Å². The molecule has 0 saturated heterocycles. The number of hydrogen-bond acceptors (Lipinski definition) is 4. The summed E-state index contributed by atoms with van der Waals surface area (Å²) in [6.45, 7) is 3.96. The van der Waals surface area contributed by atoms with E-state index in [1.165, 1.54) is 0 Å². The number of nitrogens with one attached hydrogen (secondary N) is 1. The van der Waals surface area contributed by atoms with Gasteiger partial charge in [0.2, 0.25) is 5.91 Å². The van der Waals surface area contributed by atoms with Gasteiger partial charge in [0.1, 0.15) is 6.61 Å². The van der Waals surface area contributed by atoms with Crippen LogP contribution in [0.5, 0.6) is 0 Å². The van der Waals surface area contributed by atoms with Crippen molar-refractivity contribution >= 4 is 11.9 Å². The molecule has 0 bridgehead atoms. The van der Waals surface area contributed by atoms with E-state index in [-0.39, 0.29) is 18.2 Å². The predicted octanol–water partition coefficient (Wildman–Crippen LogP) is 1.99. The number of benzene rings is 1. The molecule has 2 rings (SSSR count). The van der Waals surface area contributed by atoms with Crippen LogP contribution in [0.15, 0.2) is 30.3 Å². The van der Waals surface area contributed by atoms with Gasteiger partial charge in [-0.25, -0.2) is 4.79 Å². The minimum atomic E-state index is -0.552. The lowest BCUT2D eigenvalue weighted by molar-refractivity contribution is 0.0463. The van der Waals surface area contributed by atoms with Gasteiger partial charge < -0.3 is 10.5 Å². The highest BCUT2D eigenvalue weighted by Gasteiger charge is 2.15. The van der Waals surface area contributed by atoms with Gasteiger partial charge in [-0.05, 0) is 18.1 Å². The van der Waals surface area contributed by atoms with Gasteiger partial charge >= 0.3 is 5.97 Å². The van der Waals surface area contributed by atoms with Gasteiger partial charge in [-0.3, -0.25) is 9.89 Å². The maximum absolute atomic E-state index is 11.9. The fraction of sp³-hybridized carbons (Fsp3) is 0.267. The summed E-state index contributed by atoms with van der Waals surface area (Å²) in [5, 5.41) is 6.70. The van der Waals surface area contributed by atoms with Crippen LogP contribution in [-0.4, -0.2) is 22.1 Å². The van der Waals surface area contributed by atoms with Crippen LogP contribution < -0.4 is 5.73 Å². The second kappa shape index (κ2) is 6.21. The number of aromatic nitrogens is 2. The maximum Gasteiger partial charge on any atom is 0.359 e. The summed E-state index contributed by atoms with van der Waals surface area (Å²) >= 11 is 0. The Labute approximate surface area is 122 Å². The Kier molecular flexibility index (Phi) is 4.37. The molecular formula is C15H17N3O3. The van der Waals surface area contributed by atoms with Gasteiger partial charge in [0.25, 0.3) is 0 Å². The number of hydrogen-bond donors (Lipinski definition) is 2. The van der Waals surface area contributed by atoms with Crippen LogP contribution >= 0.6 is 0 Å². The predicted molar refractivity (Wildman–Crippen MR) is 76.8 cm³/mol. The molecule has 6 nitrogen and oxygen atoms in total. The Morgan fingerprint density at radius 2 is 2.05 bits per heavy atom. The topological polar surface area (TPSA) is 98.1 Å². The van der Waals surface area contributed by atoms with E-state index in [9.17, 15) is 9.59 Å². The SMILES string of the molecule is CC(C)c1cc(C(=O)OCc2ccccc2C(N)=O)n[nH]1. The molecule has 1 aromatic heterocycles. The van der Waals surface area contributed by atoms with E-state index in [1.54, 1.807) is 30.3 Å². The lowest BCUT2D eigenvalue weighted by Gasteiger charge is -2.06. The molecule has 0 aliphatic rings. The average molecular weight is 287 g/mol. The highest BCUT2D eigenvalue weighted by Crippen LogP contribution is 2.14. The zero-order valence-corrected chi connectivity index (χ0v) is 11.9. The van der Waals surface area contributed by atoms with Crippen molar-refractivity contribution in [2.75, 3.05) is 0 Å². The lowest BCUT2D eigenvalue weighted by Crippen LogP contribution is -2.15. The summed E-state index contributed by atoms with van der Waals surface area (Å²) in [4.78, 5) is 23.2. The molecule has 0 fully saturated rings. The number of amides is 1. The average Bonchev–Trinajstić information content (AvgIpc) is 2.95. The molecule has 21 heavy (non-hydrogen) atoms. The fourth-order valence-electron chi connectivity index (χ4n) is 1.84. The molecule has 6 heteroatoms. The van der Waals surface area contributed by atoms with Crippen LogP contribution in [0.2, 0.25) is 0 Å². The Hall–Kier alpha value is -2.63.